The van der Waals surface area contributed by atoms with Crippen LogP contribution in [0.3, 0.4) is 0 Å². The number of benzene rings is 3. The van der Waals surface area contributed by atoms with E-state index in [2.05, 4.69) is 49.5 Å². The summed E-state index contributed by atoms with van der Waals surface area (Å²) < 4.78 is 0. The summed E-state index contributed by atoms with van der Waals surface area (Å²) in [6.45, 7) is 6.20. The van der Waals surface area contributed by atoms with Gasteiger partial charge in [0.2, 0.25) is 0 Å². The van der Waals surface area contributed by atoms with Crippen LogP contribution in [-0.4, -0.2) is 5.91 Å². The van der Waals surface area contributed by atoms with Crippen molar-refractivity contribution in [2.24, 2.45) is 0 Å². The van der Waals surface area contributed by atoms with Gasteiger partial charge >= 0.3 is 0 Å². The van der Waals surface area contributed by atoms with Crippen LogP contribution in [0.4, 0.5) is 0 Å². The molecule has 3 rings (SSSR count). The van der Waals surface area contributed by atoms with Gasteiger partial charge in [0.15, 0.2) is 0 Å². The van der Waals surface area contributed by atoms with Crippen LogP contribution in [-0.2, 0) is 5.75 Å². The number of hydrogen-bond donors (Lipinski definition) is 1. The monoisotopic (exact) mass is 375 g/mol. The third-order valence-electron chi connectivity index (χ3n) is 4.60. The smallest absolute Gasteiger partial charge is 0.251 e. The summed E-state index contributed by atoms with van der Waals surface area (Å²) in [7, 11) is 0. The molecule has 1 amide bonds. The molecular weight excluding hydrogens is 350 g/mol. The molecule has 1 atom stereocenters. The molecule has 3 aromatic carbocycles. The number of amides is 1. The van der Waals surface area contributed by atoms with Crippen molar-refractivity contribution in [1.29, 1.82) is 0 Å². The van der Waals surface area contributed by atoms with Crippen molar-refractivity contribution < 1.29 is 4.79 Å². The second-order valence-electron chi connectivity index (χ2n) is 6.85. The van der Waals surface area contributed by atoms with Gasteiger partial charge in [0, 0.05) is 16.2 Å². The fourth-order valence-electron chi connectivity index (χ4n) is 3.10. The largest absolute Gasteiger partial charge is 0.346 e. The first-order chi connectivity index (χ1) is 13.0. The normalized spacial score (nSPS) is 11.8. The first-order valence-corrected chi connectivity index (χ1v) is 10.2. The molecule has 0 bridgehead atoms. The van der Waals surface area contributed by atoms with Crippen LogP contribution in [0.25, 0.3) is 0 Å². The van der Waals surface area contributed by atoms with Crippen LogP contribution in [0.2, 0.25) is 0 Å². The lowest BCUT2D eigenvalue weighted by molar-refractivity contribution is 0.0940. The minimum absolute atomic E-state index is 0.0218. The molecule has 0 spiro atoms. The van der Waals surface area contributed by atoms with Crippen molar-refractivity contribution in [3.8, 4) is 0 Å². The Morgan fingerprint density at radius 1 is 0.963 bits per heavy atom. The number of nitrogens with one attached hydrogen (secondary N) is 1. The zero-order valence-electron chi connectivity index (χ0n) is 16.0. The van der Waals surface area contributed by atoms with Gasteiger partial charge in [-0.2, -0.15) is 0 Å². The number of aryl methyl sites for hydroxylation is 2. The van der Waals surface area contributed by atoms with Gasteiger partial charge in [-0.1, -0.05) is 54.1 Å². The van der Waals surface area contributed by atoms with E-state index in [1.807, 2.05) is 49.4 Å². The SMILES string of the molecule is Cc1ccc([C@@H](C)NC(=O)c2ccc(CSc3ccccc3)cc2)c(C)c1. The molecule has 0 aliphatic carbocycles. The highest BCUT2D eigenvalue weighted by Gasteiger charge is 2.13. The van der Waals surface area contributed by atoms with Crippen LogP contribution < -0.4 is 5.32 Å². The molecule has 0 fully saturated rings. The quantitative estimate of drug-likeness (QED) is 0.528. The Morgan fingerprint density at radius 3 is 2.33 bits per heavy atom. The lowest BCUT2D eigenvalue weighted by Crippen LogP contribution is -2.27. The van der Waals surface area contributed by atoms with Gasteiger partial charge in [-0.05, 0) is 61.7 Å². The highest BCUT2D eigenvalue weighted by Crippen LogP contribution is 2.23. The van der Waals surface area contributed by atoms with E-state index in [1.165, 1.54) is 21.6 Å². The van der Waals surface area contributed by atoms with E-state index in [0.29, 0.717) is 5.56 Å². The average molecular weight is 376 g/mol. The van der Waals surface area contributed by atoms with Crippen molar-refractivity contribution in [2.45, 2.75) is 37.5 Å². The molecule has 2 nitrogen and oxygen atoms in total. The maximum Gasteiger partial charge on any atom is 0.251 e. The predicted molar refractivity (Wildman–Crippen MR) is 114 cm³/mol. The van der Waals surface area contributed by atoms with E-state index in [4.69, 9.17) is 0 Å². The van der Waals surface area contributed by atoms with Gasteiger partial charge in [-0.25, -0.2) is 0 Å². The van der Waals surface area contributed by atoms with Gasteiger partial charge in [-0.3, -0.25) is 4.79 Å². The lowest BCUT2D eigenvalue weighted by atomic mass is 10.00. The highest BCUT2D eigenvalue weighted by atomic mass is 32.2. The molecule has 0 unspecified atom stereocenters. The minimum atomic E-state index is -0.0373. The fourth-order valence-corrected chi connectivity index (χ4v) is 3.98. The molecule has 0 saturated carbocycles. The Hall–Kier alpha value is -2.52. The average Bonchev–Trinajstić information content (AvgIpc) is 2.67. The summed E-state index contributed by atoms with van der Waals surface area (Å²) in [5.74, 6) is 0.856. The first kappa shape index (κ1) is 19.2. The third kappa shape index (κ3) is 5.24. The maximum atomic E-state index is 12.6. The zero-order chi connectivity index (χ0) is 19.2. The van der Waals surface area contributed by atoms with Crippen molar-refractivity contribution in [3.63, 3.8) is 0 Å². The van der Waals surface area contributed by atoms with Crippen LogP contribution in [0.5, 0.6) is 0 Å². The van der Waals surface area contributed by atoms with Crippen molar-refractivity contribution in [3.05, 3.63) is 101 Å². The highest BCUT2D eigenvalue weighted by molar-refractivity contribution is 7.98. The summed E-state index contributed by atoms with van der Waals surface area (Å²) in [5.41, 5.74) is 5.50. The predicted octanol–water partition coefficient (Wildman–Crippen LogP) is 6.09. The molecule has 3 heteroatoms. The van der Waals surface area contributed by atoms with E-state index < -0.39 is 0 Å². The van der Waals surface area contributed by atoms with Gasteiger partial charge in [0.25, 0.3) is 5.91 Å². The Kier molecular flexibility index (Phi) is 6.36. The molecule has 1 N–H and O–H groups in total. The topological polar surface area (TPSA) is 29.1 Å². The zero-order valence-corrected chi connectivity index (χ0v) is 16.8. The first-order valence-electron chi connectivity index (χ1n) is 9.18. The number of rotatable bonds is 6. The van der Waals surface area contributed by atoms with Crippen molar-refractivity contribution in [1.82, 2.24) is 5.32 Å². The molecule has 0 aliphatic heterocycles. The maximum absolute atomic E-state index is 12.6. The summed E-state index contributed by atoms with van der Waals surface area (Å²) in [5, 5.41) is 3.11. The van der Waals surface area contributed by atoms with E-state index in [9.17, 15) is 4.79 Å². The third-order valence-corrected chi connectivity index (χ3v) is 5.69. The van der Waals surface area contributed by atoms with Gasteiger partial charge in [0.05, 0.1) is 6.04 Å². The van der Waals surface area contributed by atoms with E-state index in [1.54, 1.807) is 11.8 Å². The molecule has 0 aromatic heterocycles. The molecule has 0 radical (unpaired) electrons. The van der Waals surface area contributed by atoms with Gasteiger partial charge in [-0.15, -0.1) is 11.8 Å². The Labute approximate surface area is 166 Å². The van der Waals surface area contributed by atoms with Gasteiger partial charge in [0.1, 0.15) is 0 Å². The Balaban J connectivity index is 1.60. The molecule has 27 heavy (non-hydrogen) atoms. The van der Waals surface area contributed by atoms with E-state index in [0.717, 1.165) is 11.3 Å². The summed E-state index contributed by atoms with van der Waals surface area (Å²) >= 11 is 1.80. The van der Waals surface area contributed by atoms with Crippen LogP contribution >= 0.6 is 11.8 Å². The van der Waals surface area contributed by atoms with Gasteiger partial charge < -0.3 is 5.32 Å². The number of carbonyl (C=O) groups is 1. The number of carbonyl (C=O) groups excluding carboxylic acids is 1. The molecular formula is C24H25NOS. The summed E-state index contributed by atoms with van der Waals surface area (Å²) in [4.78, 5) is 13.8. The van der Waals surface area contributed by atoms with E-state index >= 15 is 0 Å². The number of hydrogen-bond acceptors (Lipinski definition) is 2. The molecule has 0 aliphatic rings. The molecule has 0 saturated heterocycles. The van der Waals surface area contributed by atoms with E-state index in [-0.39, 0.29) is 11.9 Å². The van der Waals surface area contributed by atoms with Crippen molar-refractivity contribution in [2.75, 3.05) is 0 Å². The summed E-state index contributed by atoms with van der Waals surface area (Å²) in [6.07, 6.45) is 0. The fraction of sp³-hybridized carbons (Fsp3) is 0.208. The molecule has 0 heterocycles. The second-order valence-corrected chi connectivity index (χ2v) is 7.90. The van der Waals surface area contributed by atoms with Crippen LogP contribution in [0.1, 0.15) is 45.6 Å². The van der Waals surface area contributed by atoms with Crippen LogP contribution in [0.15, 0.2) is 77.7 Å². The standard InChI is InChI=1S/C24H25NOS/c1-17-9-14-23(18(2)15-17)19(3)25-24(26)21-12-10-20(11-13-21)16-27-22-7-5-4-6-8-22/h4-15,19H,16H2,1-3H3,(H,25,26)/t19-/m1/s1. The molecule has 3 aromatic rings. The lowest BCUT2D eigenvalue weighted by Gasteiger charge is -2.17. The minimum Gasteiger partial charge on any atom is -0.346 e. The Bertz CT molecular complexity index is 903. The van der Waals surface area contributed by atoms with Crippen molar-refractivity contribution >= 4 is 17.7 Å². The second kappa shape index (κ2) is 8.92. The molecule has 138 valence electrons. The Morgan fingerprint density at radius 2 is 1.67 bits per heavy atom. The summed E-state index contributed by atoms with van der Waals surface area (Å²) in [6, 6.07) is 24.5. The van der Waals surface area contributed by atoms with Crippen LogP contribution in [0, 0.1) is 13.8 Å². The number of thioether (sulfide) groups is 1.